The van der Waals surface area contributed by atoms with Crippen LogP contribution in [0.4, 0.5) is 0 Å². The average Bonchev–Trinajstić information content (AvgIpc) is 3.29. The Hall–Kier alpha value is -2.76. The fourth-order valence-corrected chi connectivity index (χ4v) is 7.45. The molecular formula is C39H67N3O25. The molecule has 4 aliphatic heterocycles. The molecule has 0 spiro atoms. The number of ketones is 1. The van der Waals surface area contributed by atoms with E-state index < -0.39 is 180 Å². The van der Waals surface area contributed by atoms with Gasteiger partial charge in [0.15, 0.2) is 25.2 Å². The quantitative estimate of drug-likeness (QED) is 0.0399. The molecular weight excluding hydrogens is 910 g/mol. The predicted molar refractivity (Wildman–Crippen MR) is 215 cm³/mol. The van der Waals surface area contributed by atoms with Crippen molar-refractivity contribution in [2.75, 3.05) is 59.2 Å². The molecule has 4 heterocycles. The second-order valence-corrected chi connectivity index (χ2v) is 16.6. The van der Waals surface area contributed by atoms with Gasteiger partial charge in [0.2, 0.25) is 17.7 Å². The second-order valence-electron chi connectivity index (χ2n) is 16.6. The molecule has 0 aromatic carbocycles. The summed E-state index contributed by atoms with van der Waals surface area (Å²) in [5.41, 5.74) is 0. The van der Waals surface area contributed by atoms with E-state index in [9.17, 15) is 85.6 Å². The summed E-state index contributed by atoms with van der Waals surface area (Å²) in [5.74, 6) is -2.16. The summed E-state index contributed by atoms with van der Waals surface area (Å²) in [6, 6.07) is 0. The van der Waals surface area contributed by atoms with Crippen molar-refractivity contribution in [1.29, 1.82) is 0 Å². The number of Topliss-reactive ketones (excluding diaryl/α,β-unsaturated/α-hetero) is 1. The molecule has 4 rings (SSSR count). The zero-order valence-corrected chi connectivity index (χ0v) is 36.9. The van der Waals surface area contributed by atoms with Crippen LogP contribution in [0.15, 0.2) is 0 Å². The monoisotopic (exact) mass is 977 g/mol. The first-order chi connectivity index (χ1) is 31.7. The van der Waals surface area contributed by atoms with Gasteiger partial charge in [-0.05, 0) is 26.7 Å². The van der Waals surface area contributed by atoms with Gasteiger partial charge in [-0.3, -0.25) is 14.4 Å². The number of unbranched alkanes of at least 4 members (excludes halogenated alkanes) is 1. The average molecular weight is 978 g/mol. The van der Waals surface area contributed by atoms with Gasteiger partial charge >= 0.3 is 0 Å². The smallest absolute Gasteiger partial charge is 0.239 e. The first-order valence-corrected chi connectivity index (χ1v) is 21.8. The van der Waals surface area contributed by atoms with Crippen molar-refractivity contribution in [3.63, 3.8) is 0 Å². The fourth-order valence-electron chi connectivity index (χ4n) is 7.45. The summed E-state index contributed by atoms with van der Waals surface area (Å²) in [6.45, 7) is -1.82. The molecule has 1 unspecified atom stereocenters. The zero-order chi connectivity index (χ0) is 49.7. The molecule has 28 nitrogen and oxygen atoms in total. The number of nitrogens with zero attached hydrogens (tertiary/aromatic N) is 1. The molecule has 0 aliphatic carbocycles. The first-order valence-electron chi connectivity index (χ1n) is 21.8. The Morgan fingerprint density at radius 3 is 1.49 bits per heavy atom. The Kier molecular flexibility index (Phi) is 22.9. The molecule has 4 aliphatic rings. The molecule has 3 amide bonds. The van der Waals surface area contributed by atoms with Crippen LogP contribution >= 0.6 is 0 Å². The van der Waals surface area contributed by atoms with Crippen LogP contribution in [0.1, 0.15) is 39.5 Å². The molecule has 28 heteroatoms. The van der Waals surface area contributed by atoms with Gasteiger partial charge < -0.3 is 125 Å². The van der Waals surface area contributed by atoms with Crippen LogP contribution in [0.3, 0.4) is 0 Å². The lowest BCUT2D eigenvalue weighted by atomic mass is 9.96. The minimum Gasteiger partial charge on any atom is -0.394 e. The normalized spacial score (nSPS) is 39.1. The number of aliphatic hydroxyl groups is 13. The van der Waals surface area contributed by atoms with Crippen LogP contribution in [0.5, 0.6) is 0 Å². The minimum atomic E-state index is -1.97. The molecule has 0 aromatic rings. The number of amides is 3. The molecule has 0 aromatic heterocycles. The van der Waals surface area contributed by atoms with Crippen LogP contribution in [0, 0.1) is 0 Å². The third-order valence-corrected chi connectivity index (χ3v) is 11.5. The van der Waals surface area contributed by atoms with Crippen molar-refractivity contribution < 1.29 is 123 Å². The van der Waals surface area contributed by atoms with Crippen molar-refractivity contribution in [2.45, 2.75) is 162 Å². The van der Waals surface area contributed by atoms with Crippen molar-refractivity contribution in [2.24, 2.45) is 0 Å². The van der Waals surface area contributed by atoms with Crippen LogP contribution in [-0.2, 0) is 57.1 Å². The first kappa shape index (κ1) is 56.8. The Balaban J connectivity index is 1.36. The SMILES string of the molecule is CC(=O)CCCCC(=O)N(CC(=O)NCCO[C@@H]1O[C@@H](C)[C@@H](O)[C@@H](O)[C@@H]1O)CC(=O)NCCO[C@H]1O[C@H](CO[C@H]2O[C@H](CO)[C@@H](O)[C@H](O)[C@@H]2O)[C@@H](O)[C@H](OC2O[C@H](CO)[C@@H](O)[C@H](O)[C@@H]2O)[C@@H]1O. The highest BCUT2D eigenvalue weighted by molar-refractivity contribution is 5.89. The Morgan fingerprint density at radius 1 is 0.522 bits per heavy atom. The number of carbonyl (C=O) groups is 4. The summed E-state index contributed by atoms with van der Waals surface area (Å²) < 4.78 is 44.0. The van der Waals surface area contributed by atoms with Crippen molar-refractivity contribution in [3.05, 3.63) is 0 Å². The lowest BCUT2D eigenvalue weighted by molar-refractivity contribution is -0.366. The summed E-state index contributed by atoms with van der Waals surface area (Å²) in [6.07, 6.45) is -32.3. The van der Waals surface area contributed by atoms with Gasteiger partial charge in [0.25, 0.3) is 0 Å². The molecule has 4 fully saturated rings. The van der Waals surface area contributed by atoms with Gasteiger partial charge in [-0.25, -0.2) is 0 Å². The number of carbonyl (C=O) groups excluding carboxylic acids is 4. The van der Waals surface area contributed by atoms with E-state index in [1.165, 1.54) is 13.8 Å². The van der Waals surface area contributed by atoms with E-state index in [2.05, 4.69) is 10.6 Å². The molecule has 15 N–H and O–H groups in total. The number of aliphatic hydroxyl groups excluding tert-OH is 13. The van der Waals surface area contributed by atoms with E-state index in [1.54, 1.807) is 0 Å². The van der Waals surface area contributed by atoms with Crippen molar-refractivity contribution >= 4 is 23.5 Å². The molecule has 0 saturated carbocycles. The predicted octanol–water partition coefficient (Wildman–Crippen LogP) is -9.49. The molecule has 20 atom stereocenters. The lowest BCUT2D eigenvalue weighted by Crippen LogP contribution is -2.65. The third kappa shape index (κ3) is 15.6. The summed E-state index contributed by atoms with van der Waals surface area (Å²) in [7, 11) is 0. The van der Waals surface area contributed by atoms with Gasteiger partial charge in [0.1, 0.15) is 110 Å². The van der Waals surface area contributed by atoms with Crippen LogP contribution in [0.25, 0.3) is 0 Å². The summed E-state index contributed by atoms with van der Waals surface area (Å²) >= 11 is 0. The van der Waals surface area contributed by atoms with Gasteiger partial charge in [0.05, 0.1) is 39.1 Å². The standard InChI is InChI=1S/C39H67N3O25/c1-16(45)5-3-4-6-23(48)42(11-21(46)40-7-9-60-36-31(56)28(53)24(49)17(2)63-36)12-22(47)41-8-10-61-38-34(59)35(67-39-33(58)30(55)26(51)19(14-44)65-39)27(52)20(66-38)15-62-37-32(57)29(54)25(50)18(13-43)64-37/h17-20,24-39,43-44,49-59H,3-15H2,1-2H3,(H,40,46)(H,41,47)/t17-,18+,19+,20+,24+,25+,26+,27+,28+,29-,30-,31-,32-,33-,34-,35-,36+,37-,38-,39?/m0/s1. The van der Waals surface area contributed by atoms with Gasteiger partial charge in [-0.1, -0.05) is 0 Å². The maximum absolute atomic E-state index is 13.2. The number of ether oxygens (including phenoxy) is 8. The van der Waals surface area contributed by atoms with Crippen LogP contribution < -0.4 is 10.6 Å². The van der Waals surface area contributed by atoms with E-state index in [4.69, 9.17) is 37.9 Å². The molecule has 0 radical (unpaired) electrons. The highest BCUT2D eigenvalue weighted by Gasteiger charge is 2.52. The summed E-state index contributed by atoms with van der Waals surface area (Å²) in [4.78, 5) is 51.5. The minimum absolute atomic E-state index is 0.0881. The molecule has 67 heavy (non-hydrogen) atoms. The lowest BCUT2D eigenvalue weighted by Gasteiger charge is -2.46. The van der Waals surface area contributed by atoms with Gasteiger partial charge in [0, 0.05) is 25.9 Å². The van der Waals surface area contributed by atoms with E-state index in [0.29, 0.717) is 6.42 Å². The van der Waals surface area contributed by atoms with Gasteiger partial charge in [-0.2, -0.15) is 0 Å². The Morgan fingerprint density at radius 2 is 0.970 bits per heavy atom. The number of hydrogen-bond donors (Lipinski definition) is 15. The Bertz CT molecular complexity index is 1550. The van der Waals surface area contributed by atoms with E-state index >= 15 is 0 Å². The maximum atomic E-state index is 13.2. The number of nitrogens with one attached hydrogen (secondary N) is 2. The van der Waals surface area contributed by atoms with Crippen molar-refractivity contribution in [1.82, 2.24) is 15.5 Å². The highest BCUT2D eigenvalue weighted by atomic mass is 16.8. The zero-order valence-electron chi connectivity index (χ0n) is 36.9. The fraction of sp³-hybridized carbons (Fsp3) is 0.897. The maximum Gasteiger partial charge on any atom is 0.239 e. The topological polar surface area (TPSA) is 432 Å². The third-order valence-electron chi connectivity index (χ3n) is 11.5. The molecule has 0 bridgehead atoms. The number of hydrogen-bond acceptors (Lipinski definition) is 25. The van der Waals surface area contributed by atoms with E-state index in [1.807, 2.05) is 0 Å². The second kappa shape index (κ2) is 27.0. The van der Waals surface area contributed by atoms with E-state index in [-0.39, 0.29) is 44.7 Å². The van der Waals surface area contributed by atoms with E-state index in [0.717, 1.165) is 4.90 Å². The van der Waals surface area contributed by atoms with Gasteiger partial charge in [-0.15, -0.1) is 0 Å². The molecule has 4 saturated heterocycles. The highest BCUT2D eigenvalue weighted by Crippen LogP contribution is 2.31. The molecule has 388 valence electrons. The largest absolute Gasteiger partial charge is 0.394 e. The van der Waals surface area contributed by atoms with Crippen LogP contribution in [0.2, 0.25) is 0 Å². The summed E-state index contributed by atoms with van der Waals surface area (Å²) in [5, 5.41) is 139. The number of rotatable bonds is 24. The Labute approximate surface area is 383 Å². The van der Waals surface area contributed by atoms with Crippen LogP contribution in [-0.4, -0.2) is 277 Å². The van der Waals surface area contributed by atoms with Crippen molar-refractivity contribution in [3.8, 4) is 0 Å².